The van der Waals surface area contributed by atoms with Gasteiger partial charge >= 0.3 is 0 Å². The summed E-state index contributed by atoms with van der Waals surface area (Å²) in [5.41, 5.74) is 0.823. The van der Waals surface area contributed by atoms with Gasteiger partial charge in [-0.05, 0) is 24.6 Å². The van der Waals surface area contributed by atoms with E-state index < -0.39 is 6.10 Å². The smallest absolute Gasteiger partial charge is 0.163 e. The fourth-order valence-corrected chi connectivity index (χ4v) is 1.30. The van der Waals surface area contributed by atoms with Gasteiger partial charge in [-0.3, -0.25) is 0 Å². The van der Waals surface area contributed by atoms with Gasteiger partial charge in [0.1, 0.15) is 23.9 Å². The number of rotatable bonds is 3. The van der Waals surface area contributed by atoms with Crippen molar-refractivity contribution in [3.05, 3.63) is 41.1 Å². The Bertz CT molecular complexity index is 581. The molecule has 0 aliphatic heterocycles. The van der Waals surface area contributed by atoms with Crippen LogP contribution in [0, 0.1) is 34.0 Å². The van der Waals surface area contributed by atoms with Crippen molar-refractivity contribution in [3.8, 4) is 18.2 Å². The molecule has 0 saturated carbocycles. The Balaban J connectivity index is 3.10. The maximum absolute atomic E-state index is 9.43. The zero-order valence-corrected chi connectivity index (χ0v) is 9.68. The van der Waals surface area contributed by atoms with Crippen LogP contribution in [0.15, 0.2) is 35.5 Å². The molecule has 0 saturated heterocycles. The first-order chi connectivity index (χ1) is 8.62. The van der Waals surface area contributed by atoms with E-state index in [9.17, 15) is 5.11 Å². The number of aliphatic hydroxyl groups is 1. The molecule has 1 aromatic rings. The Morgan fingerprint density at radius 3 is 2.39 bits per heavy atom. The van der Waals surface area contributed by atoms with Crippen LogP contribution < -0.4 is 5.32 Å². The van der Waals surface area contributed by atoms with Gasteiger partial charge in [-0.2, -0.15) is 15.8 Å². The minimum Gasteiger partial charge on any atom is -0.389 e. The summed E-state index contributed by atoms with van der Waals surface area (Å²) in [5.74, 6) is 0. The van der Waals surface area contributed by atoms with E-state index in [1.54, 1.807) is 49.4 Å². The second-order valence-corrected chi connectivity index (χ2v) is 3.51. The van der Waals surface area contributed by atoms with E-state index in [2.05, 4.69) is 5.32 Å². The monoisotopic (exact) mass is 238 g/mol. The van der Waals surface area contributed by atoms with Gasteiger partial charge in [-0.1, -0.05) is 12.1 Å². The van der Waals surface area contributed by atoms with Crippen LogP contribution in [-0.4, -0.2) is 5.11 Å². The van der Waals surface area contributed by atoms with Crippen molar-refractivity contribution in [1.29, 1.82) is 15.8 Å². The van der Waals surface area contributed by atoms with Crippen LogP contribution >= 0.6 is 0 Å². The second kappa shape index (κ2) is 6.06. The summed E-state index contributed by atoms with van der Waals surface area (Å²) in [5, 5.41) is 38.4. The van der Waals surface area contributed by atoms with Crippen molar-refractivity contribution in [1.82, 2.24) is 0 Å². The van der Waals surface area contributed by atoms with E-state index in [0.29, 0.717) is 11.3 Å². The van der Waals surface area contributed by atoms with E-state index in [0.717, 1.165) is 0 Å². The van der Waals surface area contributed by atoms with Gasteiger partial charge in [-0.15, -0.1) is 0 Å². The number of allylic oxidation sites excluding steroid dienone is 2. The summed E-state index contributed by atoms with van der Waals surface area (Å²) < 4.78 is 0. The number of benzene rings is 1. The molecule has 1 unspecified atom stereocenters. The highest BCUT2D eigenvalue weighted by atomic mass is 16.3. The largest absolute Gasteiger partial charge is 0.389 e. The fourth-order valence-electron chi connectivity index (χ4n) is 1.30. The molecule has 0 radical (unpaired) electrons. The lowest BCUT2D eigenvalue weighted by molar-refractivity contribution is 0.199. The average Bonchev–Trinajstić information content (AvgIpc) is 2.39. The molecule has 0 aliphatic carbocycles. The summed E-state index contributed by atoms with van der Waals surface area (Å²) in [6, 6.07) is 11.8. The van der Waals surface area contributed by atoms with Gasteiger partial charge in [0, 0.05) is 5.69 Å². The number of hydrogen-bond donors (Lipinski definition) is 2. The number of aliphatic hydroxyl groups excluding tert-OH is 1. The molecule has 1 rings (SSSR count). The predicted molar refractivity (Wildman–Crippen MR) is 64.6 cm³/mol. The molecular formula is C13H10N4O. The molecule has 1 atom stereocenters. The van der Waals surface area contributed by atoms with Crippen molar-refractivity contribution in [2.75, 3.05) is 5.32 Å². The van der Waals surface area contributed by atoms with Crippen LogP contribution in [-0.2, 0) is 0 Å². The van der Waals surface area contributed by atoms with Crippen LogP contribution in [0.4, 0.5) is 5.69 Å². The van der Waals surface area contributed by atoms with E-state index in [-0.39, 0.29) is 11.3 Å². The molecule has 0 fully saturated rings. The highest BCUT2D eigenvalue weighted by Crippen LogP contribution is 2.18. The van der Waals surface area contributed by atoms with Gasteiger partial charge in [0.15, 0.2) is 5.57 Å². The molecule has 0 spiro atoms. The molecule has 0 amide bonds. The molecule has 5 heteroatoms. The van der Waals surface area contributed by atoms with Gasteiger partial charge < -0.3 is 10.4 Å². The quantitative estimate of drug-likeness (QED) is 0.783. The third-order valence-electron chi connectivity index (χ3n) is 2.22. The first-order valence-electron chi connectivity index (χ1n) is 5.12. The number of anilines is 1. The van der Waals surface area contributed by atoms with Crippen molar-refractivity contribution >= 4 is 5.69 Å². The van der Waals surface area contributed by atoms with Crippen LogP contribution in [0.5, 0.6) is 0 Å². The zero-order chi connectivity index (χ0) is 13.5. The minimum atomic E-state index is -0.632. The summed E-state index contributed by atoms with van der Waals surface area (Å²) in [7, 11) is 0. The molecular weight excluding hydrogens is 228 g/mol. The number of nitrogens with zero attached hydrogens (tertiary/aromatic N) is 3. The van der Waals surface area contributed by atoms with Gasteiger partial charge in [0.05, 0.1) is 6.10 Å². The van der Waals surface area contributed by atoms with Gasteiger partial charge in [-0.25, -0.2) is 0 Å². The highest BCUT2D eigenvalue weighted by molar-refractivity contribution is 5.59. The maximum Gasteiger partial charge on any atom is 0.163 e. The second-order valence-electron chi connectivity index (χ2n) is 3.51. The zero-order valence-electron chi connectivity index (χ0n) is 9.68. The molecule has 1 aromatic carbocycles. The minimum absolute atomic E-state index is 0.109. The molecule has 0 bridgehead atoms. The average molecular weight is 238 g/mol. The lowest BCUT2D eigenvalue weighted by atomic mass is 10.1. The Hall–Kier alpha value is -2.81. The fraction of sp³-hybridized carbons (Fsp3) is 0.154. The van der Waals surface area contributed by atoms with Gasteiger partial charge in [0.2, 0.25) is 0 Å². The Labute approximate surface area is 105 Å². The number of nitrogens with one attached hydrogen (secondary N) is 1. The van der Waals surface area contributed by atoms with Crippen molar-refractivity contribution in [2.45, 2.75) is 13.0 Å². The summed E-state index contributed by atoms with van der Waals surface area (Å²) in [4.78, 5) is 0. The first kappa shape index (κ1) is 13.3. The first-order valence-corrected chi connectivity index (χ1v) is 5.12. The lowest BCUT2D eigenvalue weighted by Gasteiger charge is -2.08. The molecule has 5 nitrogen and oxygen atoms in total. The lowest BCUT2D eigenvalue weighted by Crippen LogP contribution is -2.01. The van der Waals surface area contributed by atoms with Crippen LogP contribution in [0.25, 0.3) is 0 Å². The topological polar surface area (TPSA) is 104 Å². The van der Waals surface area contributed by atoms with Crippen LogP contribution in [0.3, 0.4) is 0 Å². The maximum atomic E-state index is 9.43. The third-order valence-corrected chi connectivity index (χ3v) is 2.22. The van der Waals surface area contributed by atoms with Crippen molar-refractivity contribution in [2.24, 2.45) is 0 Å². The normalized spacial score (nSPS) is 10.4. The van der Waals surface area contributed by atoms with Crippen LogP contribution in [0.1, 0.15) is 18.6 Å². The van der Waals surface area contributed by atoms with E-state index in [4.69, 9.17) is 15.8 Å². The predicted octanol–water partition coefficient (Wildman–Crippen LogP) is 1.98. The molecule has 88 valence electrons. The standard InChI is InChI=1S/C13H10N4O/c1-9(18)10-3-2-4-12(5-10)17-13(8-16)11(6-14)7-15/h2-5,9,17-18H,1H3. The molecule has 2 N–H and O–H groups in total. The van der Waals surface area contributed by atoms with E-state index in [1.165, 1.54) is 0 Å². The molecule has 0 aliphatic rings. The number of hydrogen-bond acceptors (Lipinski definition) is 5. The summed E-state index contributed by atoms with van der Waals surface area (Å²) in [6.45, 7) is 1.62. The summed E-state index contributed by atoms with van der Waals surface area (Å²) >= 11 is 0. The molecule has 0 heterocycles. The highest BCUT2D eigenvalue weighted by Gasteiger charge is 2.07. The molecule has 18 heavy (non-hydrogen) atoms. The van der Waals surface area contributed by atoms with Crippen molar-refractivity contribution < 1.29 is 5.11 Å². The Morgan fingerprint density at radius 2 is 1.89 bits per heavy atom. The third kappa shape index (κ3) is 3.09. The number of nitriles is 3. The Morgan fingerprint density at radius 1 is 1.22 bits per heavy atom. The summed E-state index contributed by atoms with van der Waals surface area (Å²) in [6.07, 6.45) is -0.632. The SMILES string of the molecule is CC(O)c1cccc(NC(C#N)=C(C#N)C#N)c1. The van der Waals surface area contributed by atoms with Crippen molar-refractivity contribution in [3.63, 3.8) is 0 Å². The Kier molecular flexibility index (Phi) is 4.46. The van der Waals surface area contributed by atoms with E-state index >= 15 is 0 Å². The van der Waals surface area contributed by atoms with E-state index in [1.807, 2.05) is 0 Å². The molecule has 0 aromatic heterocycles. The van der Waals surface area contributed by atoms with Crippen LogP contribution in [0.2, 0.25) is 0 Å². The van der Waals surface area contributed by atoms with Gasteiger partial charge in [0.25, 0.3) is 0 Å².